The van der Waals surface area contributed by atoms with Gasteiger partial charge in [0, 0.05) is 12.0 Å². The van der Waals surface area contributed by atoms with Crippen molar-refractivity contribution in [1.82, 2.24) is 5.06 Å². The molecule has 0 saturated heterocycles. The fraction of sp³-hybridized carbons (Fsp3) is 1.00. The Morgan fingerprint density at radius 3 is 1.90 bits per heavy atom. The standard InChI is InChI=1S/C7H17NO2/c1-5-8(10)6(9)7(2,3)4/h6,9-10H,5H2,1-4H3. The van der Waals surface area contributed by atoms with Crippen LogP contribution in [-0.2, 0) is 0 Å². The van der Waals surface area contributed by atoms with Crippen molar-refractivity contribution >= 4 is 0 Å². The number of aliphatic hydroxyl groups is 1. The molecule has 0 aromatic carbocycles. The van der Waals surface area contributed by atoms with Crippen molar-refractivity contribution < 1.29 is 10.3 Å². The summed E-state index contributed by atoms with van der Waals surface area (Å²) in [7, 11) is 0. The lowest BCUT2D eigenvalue weighted by molar-refractivity contribution is -0.226. The summed E-state index contributed by atoms with van der Waals surface area (Å²) in [5.41, 5.74) is -0.287. The summed E-state index contributed by atoms with van der Waals surface area (Å²) in [5, 5.41) is 19.3. The van der Waals surface area contributed by atoms with Gasteiger partial charge in [0.1, 0.15) is 6.23 Å². The molecule has 0 fully saturated rings. The minimum atomic E-state index is -0.780. The van der Waals surface area contributed by atoms with Crippen LogP contribution >= 0.6 is 0 Å². The number of rotatable bonds is 2. The molecule has 0 rings (SSSR count). The fourth-order valence-corrected chi connectivity index (χ4v) is 0.620. The molecular weight excluding hydrogens is 130 g/mol. The Bertz CT molecular complexity index is 98.3. The van der Waals surface area contributed by atoms with Crippen molar-refractivity contribution in [3.63, 3.8) is 0 Å². The molecule has 10 heavy (non-hydrogen) atoms. The molecule has 0 bridgehead atoms. The van der Waals surface area contributed by atoms with Crippen LogP contribution in [0.15, 0.2) is 0 Å². The molecule has 0 aliphatic heterocycles. The predicted octanol–water partition coefficient (Wildman–Crippen LogP) is 1.06. The van der Waals surface area contributed by atoms with Gasteiger partial charge in [-0.05, 0) is 6.92 Å². The van der Waals surface area contributed by atoms with E-state index in [1.807, 2.05) is 20.8 Å². The Morgan fingerprint density at radius 2 is 1.80 bits per heavy atom. The van der Waals surface area contributed by atoms with E-state index in [4.69, 9.17) is 5.21 Å². The Balaban J connectivity index is 3.94. The van der Waals surface area contributed by atoms with Crippen LogP contribution in [0.3, 0.4) is 0 Å². The van der Waals surface area contributed by atoms with Crippen LogP contribution in [0.4, 0.5) is 0 Å². The zero-order valence-corrected chi connectivity index (χ0v) is 7.13. The molecule has 0 spiro atoms. The molecule has 0 aliphatic rings. The Morgan fingerprint density at radius 1 is 1.40 bits per heavy atom. The number of aliphatic hydroxyl groups excluding tert-OH is 1. The van der Waals surface area contributed by atoms with Gasteiger partial charge in [0.25, 0.3) is 0 Å². The van der Waals surface area contributed by atoms with Gasteiger partial charge in [0.15, 0.2) is 0 Å². The lowest BCUT2D eigenvalue weighted by Gasteiger charge is -2.31. The molecule has 3 heteroatoms. The minimum Gasteiger partial charge on any atom is -0.376 e. The molecule has 0 heterocycles. The SMILES string of the molecule is CCN(O)C(O)C(C)(C)C. The number of hydrogen-bond donors (Lipinski definition) is 2. The predicted molar refractivity (Wildman–Crippen MR) is 39.6 cm³/mol. The van der Waals surface area contributed by atoms with Crippen molar-refractivity contribution in [1.29, 1.82) is 0 Å². The summed E-state index contributed by atoms with van der Waals surface area (Å²) in [6.07, 6.45) is -0.780. The summed E-state index contributed by atoms with van der Waals surface area (Å²) in [4.78, 5) is 0. The van der Waals surface area contributed by atoms with E-state index in [1.165, 1.54) is 0 Å². The van der Waals surface area contributed by atoms with Gasteiger partial charge in [-0.25, -0.2) is 0 Å². The largest absolute Gasteiger partial charge is 0.376 e. The van der Waals surface area contributed by atoms with Crippen molar-refractivity contribution in [2.75, 3.05) is 6.54 Å². The third-order valence-electron chi connectivity index (χ3n) is 1.38. The maximum Gasteiger partial charge on any atom is 0.134 e. The normalized spacial score (nSPS) is 15.9. The van der Waals surface area contributed by atoms with E-state index in [1.54, 1.807) is 6.92 Å². The van der Waals surface area contributed by atoms with Crippen LogP contribution in [0, 0.1) is 5.41 Å². The molecule has 0 saturated carbocycles. The lowest BCUT2D eigenvalue weighted by atomic mass is 9.94. The van der Waals surface area contributed by atoms with Gasteiger partial charge in [-0.3, -0.25) is 0 Å². The topological polar surface area (TPSA) is 43.7 Å². The van der Waals surface area contributed by atoms with Crippen LogP contribution in [-0.4, -0.2) is 28.1 Å². The van der Waals surface area contributed by atoms with E-state index < -0.39 is 6.23 Å². The van der Waals surface area contributed by atoms with E-state index in [9.17, 15) is 5.11 Å². The lowest BCUT2D eigenvalue weighted by Crippen LogP contribution is -2.41. The molecule has 0 aromatic rings. The van der Waals surface area contributed by atoms with E-state index in [0.717, 1.165) is 5.06 Å². The first-order valence-electron chi connectivity index (χ1n) is 3.53. The number of hydrogen-bond acceptors (Lipinski definition) is 3. The van der Waals surface area contributed by atoms with Crippen LogP contribution in [0.2, 0.25) is 0 Å². The highest BCUT2D eigenvalue weighted by Crippen LogP contribution is 2.20. The van der Waals surface area contributed by atoms with Crippen molar-refractivity contribution in [2.45, 2.75) is 33.9 Å². The van der Waals surface area contributed by atoms with Crippen molar-refractivity contribution in [3.05, 3.63) is 0 Å². The van der Waals surface area contributed by atoms with Gasteiger partial charge in [-0.15, -0.1) is 0 Å². The highest BCUT2D eigenvalue weighted by atomic mass is 16.5. The summed E-state index contributed by atoms with van der Waals surface area (Å²) in [5.74, 6) is 0. The van der Waals surface area contributed by atoms with Crippen molar-refractivity contribution in [2.24, 2.45) is 5.41 Å². The first kappa shape index (κ1) is 9.88. The van der Waals surface area contributed by atoms with Gasteiger partial charge in [-0.1, -0.05) is 20.8 Å². The first-order valence-corrected chi connectivity index (χ1v) is 3.53. The highest BCUT2D eigenvalue weighted by molar-refractivity contribution is 4.68. The summed E-state index contributed by atoms with van der Waals surface area (Å²) in [6.45, 7) is 7.84. The van der Waals surface area contributed by atoms with Gasteiger partial charge in [0.2, 0.25) is 0 Å². The minimum absolute atomic E-state index is 0.287. The zero-order chi connectivity index (χ0) is 8.36. The van der Waals surface area contributed by atoms with Gasteiger partial charge in [-0.2, -0.15) is 5.06 Å². The zero-order valence-electron chi connectivity index (χ0n) is 7.13. The molecule has 62 valence electrons. The summed E-state index contributed by atoms with van der Waals surface area (Å²) in [6, 6.07) is 0. The van der Waals surface area contributed by atoms with E-state index in [0.29, 0.717) is 6.54 Å². The maximum atomic E-state index is 9.33. The Labute approximate surface area is 62.2 Å². The smallest absolute Gasteiger partial charge is 0.134 e. The number of hydroxylamine groups is 2. The van der Waals surface area contributed by atoms with Crippen LogP contribution in [0.1, 0.15) is 27.7 Å². The molecule has 0 aliphatic carbocycles. The van der Waals surface area contributed by atoms with Crippen LogP contribution < -0.4 is 0 Å². The third kappa shape index (κ3) is 2.64. The highest BCUT2D eigenvalue weighted by Gasteiger charge is 2.26. The van der Waals surface area contributed by atoms with Crippen molar-refractivity contribution in [3.8, 4) is 0 Å². The average molecular weight is 147 g/mol. The molecule has 0 amide bonds. The molecule has 3 nitrogen and oxygen atoms in total. The second-order valence-corrected chi connectivity index (χ2v) is 3.50. The fourth-order valence-electron chi connectivity index (χ4n) is 0.620. The van der Waals surface area contributed by atoms with Gasteiger partial charge < -0.3 is 10.3 Å². The summed E-state index contributed by atoms with van der Waals surface area (Å²) < 4.78 is 0. The van der Waals surface area contributed by atoms with Gasteiger partial charge in [0.05, 0.1) is 0 Å². The quantitative estimate of drug-likeness (QED) is 0.453. The monoisotopic (exact) mass is 147 g/mol. The van der Waals surface area contributed by atoms with E-state index >= 15 is 0 Å². The Hall–Kier alpha value is -0.120. The second-order valence-electron chi connectivity index (χ2n) is 3.50. The maximum absolute atomic E-state index is 9.33. The molecular formula is C7H17NO2. The molecule has 0 aromatic heterocycles. The second kappa shape index (κ2) is 3.32. The molecule has 1 unspecified atom stereocenters. The first-order chi connectivity index (χ1) is 4.39. The third-order valence-corrected chi connectivity index (χ3v) is 1.38. The number of nitrogens with zero attached hydrogens (tertiary/aromatic N) is 1. The van der Waals surface area contributed by atoms with Gasteiger partial charge >= 0.3 is 0 Å². The Kier molecular flexibility index (Phi) is 3.28. The van der Waals surface area contributed by atoms with Crippen LogP contribution in [0.5, 0.6) is 0 Å². The van der Waals surface area contributed by atoms with E-state index in [2.05, 4.69) is 0 Å². The summed E-state index contributed by atoms with van der Waals surface area (Å²) >= 11 is 0. The molecule has 0 radical (unpaired) electrons. The van der Waals surface area contributed by atoms with E-state index in [-0.39, 0.29) is 5.41 Å². The van der Waals surface area contributed by atoms with Crippen LogP contribution in [0.25, 0.3) is 0 Å². The molecule has 2 N–H and O–H groups in total. The molecule has 1 atom stereocenters. The average Bonchev–Trinajstić information content (AvgIpc) is 1.83.